The van der Waals surface area contributed by atoms with E-state index in [2.05, 4.69) is 19.1 Å². The monoisotopic (exact) mass is 624 g/mol. The minimum absolute atomic E-state index is 0.0642. The molecule has 0 saturated carbocycles. The number of carboxylic acids is 3. The normalized spacial score (nSPS) is 11.8. The Bertz CT molecular complexity index is 668. The summed E-state index contributed by atoms with van der Waals surface area (Å²) in [6.07, 6.45) is 32.9. The van der Waals surface area contributed by atoms with E-state index in [1.807, 2.05) is 0 Å². The Labute approximate surface area is 270 Å². The van der Waals surface area contributed by atoms with Gasteiger partial charge in [-0.1, -0.05) is 96.1 Å². The van der Waals surface area contributed by atoms with Gasteiger partial charge in [-0.05, 0) is 83.5 Å². The van der Waals surface area contributed by atoms with Gasteiger partial charge in [-0.2, -0.15) is 0 Å². The van der Waals surface area contributed by atoms with Gasteiger partial charge < -0.3 is 24.6 Å². The summed E-state index contributed by atoms with van der Waals surface area (Å²) in [6.45, 7) is 5.88. The van der Waals surface area contributed by atoms with Crippen molar-refractivity contribution in [2.24, 2.45) is 0 Å². The number of nitrogens with zero attached hydrogens (tertiary/aromatic N) is 1. The number of rotatable bonds is 35. The quantitative estimate of drug-likeness (QED) is 0.0414. The molecule has 0 aromatic carbocycles. The molecule has 0 saturated heterocycles. The maximum absolute atomic E-state index is 11.0. The molecule has 0 atom stereocenters. The summed E-state index contributed by atoms with van der Waals surface area (Å²) in [5, 5.41) is 29.0. The summed E-state index contributed by atoms with van der Waals surface area (Å²) in [4.78, 5) is 32.9. The van der Waals surface area contributed by atoms with E-state index in [0.717, 1.165) is 56.3 Å². The third kappa shape index (κ3) is 30.1. The molecule has 0 aliphatic heterocycles. The van der Waals surface area contributed by atoms with Crippen molar-refractivity contribution in [2.75, 3.05) is 26.2 Å². The Morgan fingerprint density at radius 3 is 1.16 bits per heavy atom. The van der Waals surface area contributed by atoms with E-state index in [4.69, 9.17) is 10.2 Å². The summed E-state index contributed by atoms with van der Waals surface area (Å²) in [5.74, 6) is -2.56. The number of allylic oxidation sites excluding steroid dienone is 2. The van der Waals surface area contributed by atoms with Crippen LogP contribution in [0.1, 0.15) is 180 Å². The second kappa shape index (κ2) is 31.1. The average molecular weight is 624 g/mol. The molecule has 0 radical (unpaired) electrons. The Morgan fingerprint density at radius 1 is 0.477 bits per heavy atom. The SMILES string of the molecule is CCCCCCC/C=C/CCCCCCCCCCCCC[N+](CCCCC(=O)[O-])(CCCCC(=O)O)CCCCC(=O)O. The first-order valence-electron chi connectivity index (χ1n) is 18.4. The molecule has 0 aromatic heterocycles. The molecule has 0 spiro atoms. The zero-order valence-electron chi connectivity index (χ0n) is 28.5. The van der Waals surface area contributed by atoms with Gasteiger partial charge in [-0.3, -0.25) is 9.59 Å². The molecule has 0 bridgehead atoms. The van der Waals surface area contributed by atoms with Crippen LogP contribution in [0.5, 0.6) is 0 Å². The van der Waals surface area contributed by atoms with Crippen LogP contribution in [0.4, 0.5) is 0 Å². The molecule has 0 aliphatic rings. The van der Waals surface area contributed by atoms with E-state index in [9.17, 15) is 19.5 Å². The van der Waals surface area contributed by atoms with Crippen LogP contribution in [0.3, 0.4) is 0 Å². The largest absolute Gasteiger partial charge is 0.550 e. The number of quaternary nitrogens is 1. The molecule has 0 unspecified atom stereocenters. The molecular weight excluding hydrogens is 554 g/mol. The maximum Gasteiger partial charge on any atom is 0.303 e. The number of carbonyl (C=O) groups is 3. The van der Waals surface area contributed by atoms with Crippen molar-refractivity contribution < 1.29 is 34.2 Å². The van der Waals surface area contributed by atoms with Gasteiger partial charge in [-0.15, -0.1) is 0 Å². The molecule has 7 nitrogen and oxygen atoms in total. The van der Waals surface area contributed by atoms with Crippen molar-refractivity contribution in [3.8, 4) is 0 Å². The Balaban J connectivity index is 4.24. The highest BCUT2D eigenvalue weighted by molar-refractivity contribution is 5.66. The lowest BCUT2D eigenvalue weighted by molar-refractivity contribution is -0.929. The zero-order chi connectivity index (χ0) is 32.6. The predicted molar refractivity (Wildman–Crippen MR) is 179 cm³/mol. The summed E-state index contributed by atoms with van der Waals surface area (Å²) in [7, 11) is 0. The number of hydrogen-bond acceptors (Lipinski definition) is 4. The second-order valence-electron chi connectivity index (χ2n) is 13.1. The number of carboxylic acid groups (broad SMARTS) is 3. The molecule has 0 fully saturated rings. The summed E-state index contributed by atoms with van der Waals surface area (Å²) < 4.78 is 0.848. The van der Waals surface area contributed by atoms with Crippen molar-refractivity contribution in [3.05, 3.63) is 12.2 Å². The molecule has 258 valence electrons. The van der Waals surface area contributed by atoms with Gasteiger partial charge in [0.15, 0.2) is 0 Å². The summed E-state index contributed by atoms with van der Waals surface area (Å²) >= 11 is 0. The number of carbonyl (C=O) groups excluding carboxylic acids is 1. The summed E-state index contributed by atoms with van der Waals surface area (Å²) in [6, 6.07) is 0. The van der Waals surface area contributed by atoms with Gasteiger partial charge >= 0.3 is 11.9 Å². The highest BCUT2D eigenvalue weighted by atomic mass is 16.4. The van der Waals surface area contributed by atoms with Crippen molar-refractivity contribution in [2.45, 2.75) is 180 Å². The first kappa shape index (κ1) is 42.1. The van der Waals surface area contributed by atoms with Crippen molar-refractivity contribution in [1.82, 2.24) is 0 Å². The van der Waals surface area contributed by atoms with Crippen LogP contribution in [-0.2, 0) is 14.4 Å². The lowest BCUT2D eigenvalue weighted by Crippen LogP contribution is -2.51. The van der Waals surface area contributed by atoms with Gasteiger partial charge in [0.25, 0.3) is 0 Å². The molecule has 0 heterocycles. The van der Waals surface area contributed by atoms with Gasteiger partial charge in [0.1, 0.15) is 0 Å². The first-order chi connectivity index (χ1) is 21.3. The lowest BCUT2D eigenvalue weighted by Gasteiger charge is -2.39. The molecule has 0 aromatic rings. The van der Waals surface area contributed by atoms with E-state index < -0.39 is 17.9 Å². The minimum atomic E-state index is -1.02. The third-order valence-electron chi connectivity index (χ3n) is 8.95. The Kier molecular flexibility index (Phi) is 29.8. The predicted octanol–water partition coefficient (Wildman–Crippen LogP) is 8.83. The van der Waals surface area contributed by atoms with Gasteiger partial charge in [0.05, 0.1) is 26.2 Å². The molecule has 2 N–H and O–H groups in total. The van der Waals surface area contributed by atoms with Crippen LogP contribution in [0, 0.1) is 0 Å². The van der Waals surface area contributed by atoms with Crippen LogP contribution in [-0.4, -0.2) is 58.8 Å². The smallest absolute Gasteiger partial charge is 0.303 e. The average Bonchev–Trinajstić information content (AvgIpc) is 2.98. The third-order valence-corrected chi connectivity index (χ3v) is 8.95. The zero-order valence-corrected chi connectivity index (χ0v) is 28.5. The van der Waals surface area contributed by atoms with E-state index in [1.165, 1.54) is 109 Å². The van der Waals surface area contributed by atoms with Crippen LogP contribution in [0.25, 0.3) is 0 Å². The number of aliphatic carboxylic acids is 3. The number of hydrogen-bond donors (Lipinski definition) is 2. The molecule has 44 heavy (non-hydrogen) atoms. The maximum atomic E-state index is 11.0. The van der Waals surface area contributed by atoms with E-state index in [1.54, 1.807) is 0 Å². The van der Waals surface area contributed by atoms with E-state index >= 15 is 0 Å². The summed E-state index contributed by atoms with van der Waals surface area (Å²) in [5.41, 5.74) is 0. The topological polar surface area (TPSA) is 115 Å². The minimum Gasteiger partial charge on any atom is -0.550 e. The lowest BCUT2D eigenvalue weighted by atomic mass is 10.0. The molecule has 0 rings (SSSR count). The fourth-order valence-corrected chi connectivity index (χ4v) is 6.24. The van der Waals surface area contributed by atoms with Crippen molar-refractivity contribution in [3.63, 3.8) is 0 Å². The second-order valence-corrected chi connectivity index (χ2v) is 13.1. The van der Waals surface area contributed by atoms with Crippen molar-refractivity contribution >= 4 is 17.9 Å². The van der Waals surface area contributed by atoms with Gasteiger partial charge in [0.2, 0.25) is 0 Å². The highest BCUT2D eigenvalue weighted by Crippen LogP contribution is 2.20. The van der Waals surface area contributed by atoms with Crippen LogP contribution < -0.4 is 5.11 Å². The van der Waals surface area contributed by atoms with E-state index in [-0.39, 0.29) is 19.3 Å². The highest BCUT2D eigenvalue weighted by Gasteiger charge is 2.26. The van der Waals surface area contributed by atoms with Crippen LogP contribution >= 0.6 is 0 Å². The van der Waals surface area contributed by atoms with Gasteiger partial charge in [-0.25, -0.2) is 0 Å². The molecule has 0 amide bonds. The standard InChI is InChI=1S/C37H69NO6/c1-2-3-4-5-6-7-8-9-10-11-12-13-14-15-16-17-18-19-20-24-31-38(32-25-21-28-35(39)40,33-26-22-29-36(41)42)34-27-23-30-37(43)44/h8-9H,2-7,10-34H2,1H3,(H2-,39,40,41,42,43,44)/b9-8+. The Hall–Kier alpha value is -1.89. The van der Waals surface area contributed by atoms with Crippen LogP contribution in [0.15, 0.2) is 12.2 Å². The van der Waals surface area contributed by atoms with Gasteiger partial charge in [0, 0.05) is 18.8 Å². The molecule has 7 heteroatoms. The Morgan fingerprint density at radius 2 is 0.795 bits per heavy atom. The van der Waals surface area contributed by atoms with Crippen molar-refractivity contribution in [1.29, 1.82) is 0 Å². The van der Waals surface area contributed by atoms with E-state index in [0.29, 0.717) is 19.3 Å². The first-order valence-corrected chi connectivity index (χ1v) is 18.4. The molecule has 0 aliphatic carbocycles. The number of unbranched alkanes of at least 4 members (excludes halogenated alkanes) is 19. The molecular formula is C37H69NO6. The van der Waals surface area contributed by atoms with Crippen LogP contribution in [0.2, 0.25) is 0 Å². The fourth-order valence-electron chi connectivity index (χ4n) is 6.24. The fraction of sp³-hybridized carbons (Fsp3) is 0.865.